The first-order valence-electron chi connectivity index (χ1n) is 4.62. The van der Waals surface area contributed by atoms with Gasteiger partial charge in [-0.25, -0.2) is 0 Å². The van der Waals surface area contributed by atoms with Crippen LogP contribution in [0.2, 0.25) is 0 Å². The maximum Gasteiger partial charge on any atom is -0.0355 e. The minimum absolute atomic E-state index is 0.903. The van der Waals surface area contributed by atoms with E-state index < -0.39 is 0 Å². The molecule has 1 aliphatic rings. The molecule has 0 aliphatic heterocycles. The van der Waals surface area contributed by atoms with E-state index in [0.717, 1.165) is 11.8 Å². The highest BCUT2D eigenvalue weighted by Gasteiger charge is 2.16. The van der Waals surface area contributed by atoms with Gasteiger partial charge in [0, 0.05) is 0 Å². The van der Waals surface area contributed by atoms with Crippen molar-refractivity contribution in [2.45, 2.75) is 46.0 Å². The van der Waals surface area contributed by atoms with Gasteiger partial charge in [-0.2, -0.15) is 0 Å². The third-order valence-corrected chi connectivity index (χ3v) is 2.39. The normalized spacial score (nSPS) is 19.5. The summed E-state index contributed by atoms with van der Waals surface area (Å²) in [7, 11) is 0. The van der Waals surface area contributed by atoms with Crippen molar-refractivity contribution in [1.29, 1.82) is 0 Å². The maximum absolute atomic E-state index is 2.47. The van der Waals surface area contributed by atoms with E-state index >= 15 is 0 Å². The lowest BCUT2D eigenvalue weighted by Gasteiger charge is -2.24. The van der Waals surface area contributed by atoms with Crippen LogP contribution in [-0.2, 0) is 0 Å². The molecule has 0 aromatic rings. The highest BCUT2D eigenvalue weighted by molar-refractivity contribution is 4.86. The summed E-state index contributed by atoms with van der Waals surface area (Å²) >= 11 is 0. The van der Waals surface area contributed by atoms with Gasteiger partial charge in [0.2, 0.25) is 0 Å². The molecule has 0 bridgehead atoms. The van der Waals surface area contributed by atoms with Crippen molar-refractivity contribution >= 4 is 0 Å². The third-order valence-electron chi connectivity index (χ3n) is 2.39. The number of rotatable bonds is 4. The predicted octanol–water partition coefficient (Wildman–Crippen LogP) is 3.43. The number of hydrogen-bond donors (Lipinski definition) is 0. The lowest BCUT2D eigenvalue weighted by molar-refractivity contribution is 0.375. The van der Waals surface area contributed by atoms with Crippen LogP contribution in [0.5, 0.6) is 0 Å². The Kier molecular flexibility index (Phi) is 3.24. The van der Waals surface area contributed by atoms with E-state index in [0.29, 0.717) is 0 Å². The zero-order chi connectivity index (χ0) is 7.40. The summed E-state index contributed by atoms with van der Waals surface area (Å²) < 4.78 is 0. The lowest BCUT2D eigenvalue weighted by Crippen LogP contribution is -2.11. The average Bonchev–Trinajstić information content (AvgIpc) is 1.75. The van der Waals surface area contributed by atoms with Gasteiger partial charge in [-0.3, -0.25) is 0 Å². The molecular weight excluding hydrogens is 120 g/mol. The van der Waals surface area contributed by atoms with Gasteiger partial charge < -0.3 is 0 Å². The van der Waals surface area contributed by atoms with Crippen LogP contribution in [0, 0.1) is 18.3 Å². The van der Waals surface area contributed by atoms with Crippen molar-refractivity contribution in [3.05, 3.63) is 6.42 Å². The van der Waals surface area contributed by atoms with Crippen LogP contribution in [-0.4, -0.2) is 0 Å². The molecule has 10 heavy (non-hydrogen) atoms. The zero-order valence-electron chi connectivity index (χ0n) is 7.27. The highest BCUT2D eigenvalue weighted by Crippen LogP contribution is 2.30. The topological polar surface area (TPSA) is 0 Å². The van der Waals surface area contributed by atoms with E-state index in [4.69, 9.17) is 0 Å². The van der Waals surface area contributed by atoms with Crippen LogP contribution in [0.25, 0.3) is 0 Å². The Morgan fingerprint density at radius 2 is 2.20 bits per heavy atom. The molecule has 1 radical (unpaired) electrons. The molecule has 0 N–H and O–H groups in total. The molecule has 0 heteroatoms. The van der Waals surface area contributed by atoms with Crippen molar-refractivity contribution in [2.75, 3.05) is 0 Å². The fourth-order valence-electron chi connectivity index (χ4n) is 1.45. The summed E-state index contributed by atoms with van der Waals surface area (Å²) in [6.07, 6.45) is 9.64. The summed E-state index contributed by atoms with van der Waals surface area (Å²) in [5.41, 5.74) is 0. The molecule has 1 unspecified atom stereocenters. The first-order chi connectivity index (χ1) is 4.79. The summed E-state index contributed by atoms with van der Waals surface area (Å²) in [6, 6.07) is 0. The fourth-order valence-corrected chi connectivity index (χ4v) is 1.45. The SMILES string of the molecule is CC(C)CCCC1[CH]CC1. The van der Waals surface area contributed by atoms with Crippen LogP contribution in [0.1, 0.15) is 46.0 Å². The first kappa shape index (κ1) is 8.10. The smallest absolute Gasteiger partial charge is 0.0355 e. The molecule has 1 aliphatic carbocycles. The Morgan fingerprint density at radius 3 is 2.60 bits per heavy atom. The van der Waals surface area contributed by atoms with Crippen LogP contribution in [0.3, 0.4) is 0 Å². The molecule has 1 fully saturated rings. The van der Waals surface area contributed by atoms with Gasteiger partial charge in [0.25, 0.3) is 0 Å². The largest absolute Gasteiger partial charge is 0.0628 e. The predicted molar refractivity (Wildman–Crippen MR) is 45.7 cm³/mol. The van der Waals surface area contributed by atoms with E-state index in [2.05, 4.69) is 20.3 Å². The molecule has 0 aromatic heterocycles. The second kappa shape index (κ2) is 4.00. The van der Waals surface area contributed by atoms with E-state index in [9.17, 15) is 0 Å². The summed E-state index contributed by atoms with van der Waals surface area (Å²) in [4.78, 5) is 0. The monoisotopic (exact) mass is 139 g/mol. The van der Waals surface area contributed by atoms with Crippen molar-refractivity contribution in [3.8, 4) is 0 Å². The van der Waals surface area contributed by atoms with Gasteiger partial charge >= 0.3 is 0 Å². The van der Waals surface area contributed by atoms with E-state index in [1.807, 2.05) is 0 Å². The van der Waals surface area contributed by atoms with Crippen LogP contribution < -0.4 is 0 Å². The summed E-state index contributed by atoms with van der Waals surface area (Å²) in [5, 5.41) is 0. The van der Waals surface area contributed by atoms with Crippen molar-refractivity contribution in [2.24, 2.45) is 11.8 Å². The van der Waals surface area contributed by atoms with Gasteiger partial charge in [-0.05, 0) is 31.1 Å². The third kappa shape index (κ3) is 2.72. The minimum atomic E-state index is 0.903. The Labute approximate surface area is 65.0 Å². The Hall–Kier alpha value is 0. The van der Waals surface area contributed by atoms with E-state index in [1.54, 1.807) is 0 Å². The van der Waals surface area contributed by atoms with Gasteiger partial charge in [0.1, 0.15) is 0 Å². The Morgan fingerprint density at radius 1 is 1.50 bits per heavy atom. The van der Waals surface area contributed by atoms with E-state index in [1.165, 1.54) is 32.1 Å². The van der Waals surface area contributed by atoms with Gasteiger partial charge in [0.05, 0.1) is 0 Å². The molecular formula is C10H19. The van der Waals surface area contributed by atoms with Crippen LogP contribution >= 0.6 is 0 Å². The second-order valence-electron chi connectivity index (χ2n) is 3.90. The molecule has 0 saturated heterocycles. The molecule has 0 aromatic carbocycles. The molecule has 1 saturated carbocycles. The second-order valence-corrected chi connectivity index (χ2v) is 3.90. The molecule has 0 nitrogen and oxygen atoms in total. The Bertz CT molecular complexity index is 80.0. The highest BCUT2D eigenvalue weighted by atomic mass is 14.2. The number of hydrogen-bond acceptors (Lipinski definition) is 0. The lowest BCUT2D eigenvalue weighted by atomic mass is 9.81. The minimum Gasteiger partial charge on any atom is -0.0628 e. The van der Waals surface area contributed by atoms with Gasteiger partial charge in [-0.1, -0.05) is 33.1 Å². The molecule has 1 atom stereocenters. The fraction of sp³-hybridized carbons (Fsp3) is 0.900. The van der Waals surface area contributed by atoms with Crippen molar-refractivity contribution in [1.82, 2.24) is 0 Å². The van der Waals surface area contributed by atoms with Crippen LogP contribution in [0.4, 0.5) is 0 Å². The summed E-state index contributed by atoms with van der Waals surface area (Å²) in [6.45, 7) is 4.62. The van der Waals surface area contributed by atoms with E-state index in [-0.39, 0.29) is 0 Å². The molecule has 0 amide bonds. The first-order valence-corrected chi connectivity index (χ1v) is 4.62. The maximum atomic E-state index is 2.47. The average molecular weight is 139 g/mol. The molecule has 0 spiro atoms. The van der Waals surface area contributed by atoms with Crippen molar-refractivity contribution < 1.29 is 0 Å². The standard InChI is InChI=1S/C10H19/c1-9(2)5-3-6-10-7-4-8-10/h7,9-10H,3-6,8H2,1-2H3. The molecule has 59 valence electrons. The molecule has 0 heterocycles. The van der Waals surface area contributed by atoms with Crippen LogP contribution in [0.15, 0.2) is 0 Å². The Balaban J connectivity index is 1.85. The van der Waals surface area contributed by atoms with Gasteiger partial charge in [-0.15, -0.1) is 0 Å². The zero-order valence-corrected chi connectivity index (χ0v) is 7.27. The quantitative estimate of drug-likeness (QED) is 0.559. The molecule has 1 rings (SSSR count). The van der Waals surface area contributed by atoms with Crippen molar-refractivity contribution in [3.63, 3.8) is 0 Å². The summed E-state index contributed by atoms with van der Waals surface area (Å²) in [5.74, 6) is 1.90. The van der Waals surface area contributed by atoms with Gasteiger partial charge in [0.15, 0.2) is 0 Å².